The highest BCUT2D eigenvalue weighted by Crippen LogP contribution is 2.44. The fraction of sp³-hybridized carbons (Fsp3) is 0.750. The number of aliphatic hydroxyl groups is 1. The van der Waals surface area contributed by atoms with Gasteiger partial charge in [-0.05, 0) is 31.6 Å². The molecule has 1 aromatic heterocycles. The molecule has 3 nitrogen and oxygen atoms in total. The number of aliphatic hydroxyl groups excluding tert-OH is 1. The highest BCUT2D eigenvalue weighted by molar-refractivity contribution is 8.01. The van der Waals surface area contributed by atoms with Gasteiger partial charge in [-0.25, -0.2) is 4.98 Å². The summed E-state index contributed by atoms with van der Waals surface area (Å²) in [5, 5.41) is 15.5. The third kappa shape index (κ3) is 2.84. The van der Waals surface area contributed by atoms with Gasteiger partial charge in [0.05, 0.1) is 12.1 Å². The van der Waals surface area contributed by atoms with Crippen LogP contribution < -0.4 is 5.32 Å². The molecule has 0 amide bonds. The molecular formula is C12H18N2OS2. The number of rotatable bonds is 7. The zero-order chi connectivity index (χ0) is 11.7. The molecule has 2 aliphatic carbocycles. The van der Waals surface area contributed by atoms with Crippen LogP contribution in [-0.4, -0.2) is 34.0 Å². The average Bonchev–Trinajstić information content (AvgIpc) is 3.26. The minimum absolute atomic E-state index is 0.0580. The maximum atomic E-state index is 9.80. The number of aromatic nitrogens is 1. The fourth-order valence-corrected chi connectivity index (χ4v) is 4.14. The van der Waals surface area contributed by atoms with Gasteiger partial charge in [-0.3, -0.25) is 0 Å². The molecule has 0 bridgehead atoms. The molecule has 0 spiro atoms. The van der Waals surface area contributed by atoms with Crippen LogP contribution in [0.3, 0.4) is 0 Å². The zero-order valence-corrected chi connectivity index (χ0v) is 11.4. The first-order valence-electron chi connectivity index (χ1n) is 6.23. The fourth-order valence-electron chi connectivity index (χ4n) is 2.24. The number of nitrogens with one attached hydrogen (secondary N) is 1. The van der Waals surface area contributed by atoms with Crippen LogP contribution in [0.1, 0.15) is 25.7 Å². The van der Waals surface area contributed by atoms with Crippen molar-refractivity contribution in [1.82, 2.24) is 10.3 Å². The van der Waals surface area contributed by atoms with Gasteiger partial charge in [0.15, 0.2) is 0 Å². The van der Waals surface area contributed by atoms with Crippen molar-refractivity contribution in [3.8, 4) is 0 Å². The van der Waals surface area contributed by atoms with E-state index in [4.69, 9.17) is 0 Å². The highest BCUT2D eigenvalue weighted by Gasteiger charge is 2.47. The number of hydrogen-bond acceptors (Lipinski definition) is 5. The topological polar surface area (TPSA) is 45.2 Å². The van der Waals surface area contributed by atoms with E-state index in [0.717, 1.165) is 10.1 Å². The van der Waals surface area contributed by atoms with E-state index in [9.17, 15) is 5.11 Å². The van der Waals surface area contributed by atoms with E-state index in [1.807, 2.05) is 11.6 Å². The van der Waals surface area contributed by atoms with Crippen molar-refractivity contribution < 1.29 is 5.11 Å². The average molecular weight is 270 g/mol. The van der Waals surface area contributed by atoms with Crippen molar-refractivity contribution in [2.75, 3.05) is 12.4 Å². The third-order valence-electron chi connectivity index (χ3n) is 3.57. The number of thiazole rings is 1. The van der Waals surface area contributed by atoms with E-state index in [2.05, 4.69) is 10.3 Å². The molecule has 94 valence electrons. The Kier molecular flexibility index (Phi) is 3.43. The van der Waals surface area contributed by atoms with Crippen molar-refractivity contribution in [2.45, 2.75) is 41.6 Å². The van der Waals surface area contributed by atoms with Crippen molar-refractivity contribution in [2.24, 2.45) is 5.92 Å². The van der Waals surface area contributed by atoms with E-state index >= 15 is 0 Å². The van der Waals surface area contributed by atoms with Gasteiger partial charge in [-0.15, -0.1) is 11.3 Å². The lowest BCUT2D eigenvalue weighted by atomic mass is 9.96. The van der Waals surface area contributed by atoms with Crippen LogP contribution in [-0.2, 0) is 0 Å². The Morgan fingerprint density at radius 1 is 1.47 bits per heavy atom. The Bertz CT molecular complexity index is 363. The minimum Gasteiger partial charge on any atom is -0.394 e. The van der Waals surface area contributed by atoms with E-state index in [0.29, 0.717) is 12.0 Å². The van der Waals surface area contributed by atoms with Gasteiger partial charge < -0.3 is 10.4 Å². The summed E-state index contributed by atoms with van der Waals surface area (Å²) < 4.78 is 1.11. The molecular weight excluding hydrogens is 252 g/mol. The maximum Gasteiger partial charge on any atom is 0.149 e. The van der Waals surface area contributed by atoms with Gasteiger partial charge in [-0.1, -0.05) is 11.8 Å². The molecule has 1 aromatic rings. The molecule has 3 rings (SSSR count). The van der Waals surface area contributed by atoms with E-state index in [1.54, 1.807) is 23.1 Å². The molecule has 0 aromatic carbocycles. The molecule has 1 heterocycles. The molecule has 1 atom stereocenters. The van der Waals surface area contributed by atoms with Crippen LogP contribution >= 0.6 is 23.1 Å². The van der Waals surface area contributed by atoms with Gasteiger partial charge in [-0.2, -0.15) is 0 Å². The molecule has 17 heavy (non-hydrogen) atoms. The molecule has 5 heteroatoms. The van der Waals surface area contributed by atoms with Crippen molar-refractivity contribution in [3.05, 3.63) is 11.6 Å². The Morgan fingerprint density at radius 2 is 2.29 bits per heavy atom. The Balaban J connectivity index is 1.64. The molecule has 2 fully saturated rings. The second-order valence-corrected chi connectivity index (χ2v) is 7.21. The monoisotopic (exact) mass is 270 g/mol. The lowest BCUT2D eigenvalue weighted by molar-refractivity contribution is 0.157. The van der Waals surface area contributed by atoms with Crippen molar-refractivity contribution in [1.29, 1.82) is 0 Å². The second kappa shape index (κ2) is 4.88. The first-order chi connectivity index (χ1) is 8.32. The summed E-state index contributed by atoms with van der Waals surface area (Å²) in [6.45, 7) is 0.256. The number of hydrogen-bond donors (Lipinski definition) is 2. The van der Waals surface area contributed by atoms with Gasteiger partial charge in [0, 0.05) is 23.4 Å². The van der Waals surface area contributed by atoms with E-state index < -0.39 is 0 Å². The van der Waals surface area contributed by atoms with Crippen LogP contribution in [0.5, 0.6) is 0 Å². The first-order valence-corrected chi connectivity index (χ1v) is 8.10. The molecule has 0 radical (unpaired) electrons. The molecule has 0 aliphatic heterocycles. The summed E-state index contributed by atoms with van der Waals surface area (Å²) >= 11 is 3.46. The third-order valence-corrected chi connectivity index (χ3v) is 5.79. The van der Waals surface area contributed by atoms with Crippen LogP contribution in [0.4, 0.5) is 0 Å². The largest absolute Gasteiger partial charge is 0.394 e. The predicted molar refractivity (Wildman–Crippen MR) is 71.5 cm³/mol. The Labute approximate surface area is 110 Å². The van der Waals surface area contributed by atoms with Crippen LogP contribution in [0.15, 0.2) is 15.9 Å². The van der Waals surface area contributed by atoms with Gasteiger partial charge in [0.2, 0.25) is 0 Å². The molecule has 2 aliphatic rings. The van der Waals surface area contributed by atoms with Crippen LogP contribution in [0, 0.1) is 5.92 Å². The SMILES string of the molecule is OCC(CSc1nccs1)(NC1CC1)C1CC1. The summed E-state index contributed by atoms with van der Waals surface area (Å²) in [6, 6.07) is 0.652. The summed E-state index contributed by atoms with van der Waals surface area (Å²) in [6.07, 6.45) is 6.92. The molecule has 1 unspecified atom stereocenters. The first kappa shape index (κ1) is 12.0. The minimum atomic E-state index is -0.0580. The molecule has 2 saturated carbocycles. The Morgan fingerprint density at radius 3 is 2.82 bits per heavy atom. The summed E-state index contributed by atoms with van der Waals surface area (Å²) in [5.74, 6) is 1.61. The summed E-state index contributed by atoms with van der Waals surface area (Å²) in [4.78, 5) is 4.30. The number of thioether (sulfide) groups is 1. The summed E-state index contributed by atoms with van der Waals surface area (Å²) in [5.41, 5.74) is -0.0580. The Hall–Kier alpha value is -0.100. The van der Waals surface area contributed by atoms with Crippen molar-refractivity contribution in [3.63, 3.8) is 0 Å². The summed E-state index contributed by atoms with van der Waals surface area (Å²) in [7, 11) is 0. The van der Waals surface area contributed by atoms with E-state index in [-0.39, 0.29) is 12.1 Å². The van der Waals surface area contributed by atoms with Crippen LogP contribution in [0.2, 0.25) is 0 Å². The van der Waals surface area contributed by atoms with Gasteiger partial charge in [0.1, 0.15) is 4.34 Å². The molecule has 2 N–H and O–H groups in total. The van der Waals surface area contributed by atoms with Gasteiger partial charge >= 0.3 is 0 Å². The lowest BCUT2D eigenvalue weighted by Crippen LogP contribution is -2.53. The lowest BCUT2D eigenvalue weighted by Gasteiger charge is -2.33. The highest BCUT2D eigenvalue weighted by atomic mass is 32.2. The number of nitrogens with zero attached hydrogens (tertiary/aromatic N) is 1. The predicted octanol–water partition coefficient (Wildman–Crippen LogP) is 2.13. The second-order valence-electron chi connectivity index (χ2n) is 5.09. The molecule has 0 saturated heterocycles. The van der Waals surface area contributed by atoms with Crippen LogP contribution in [0.25, 0.3) is 0 Å². The van der Waals surface area contributed by atoms with E-state index in [1.165, 1.54) is 25.7 Å². The standard InChI is InChI=1S/C12H18N2OS2/c15-7-12(9-1-2-9,14-10-3-4-10)8-17-11-13-5-6-16-11/h5-6,9-10,14-15H,1-4,7-8H2. The quantitative estimate of drug-likeness (QED) is 0.745. The van der Waals surface area contributed by atoms with Gasteiger partial charge in [0.25, 0.3) is 0 Å². The maximum absolute atomic E-state index is 9.80. The normalized spacial score (nSPS) is 23.6. The van der Waals surface area contributed by atoms with Crippen molar-refractivity contribution >= 4 is 23.1 Å². The smallest absolute Gasteiger partial charge is 0.149 e. The zero-order valence-electron chi connectivity index (χ0n) is 9.76.